The molecule has 0 atom stereocenters. The zero-order valence-electron chi connectivity index (χ0n) is 8.47. The Bertz CT molecular complexity index is 379. The Kier molecular flexibility index (Phi) is 2.91. The van der Waals surface area contributed by atoms with Crippen molar-refractivity contribution in [1.29, 1.82) is 0 Å². The molecule has 3 heteroatoms. The van der Waals surface area contributed by atoms with Gasteiger partial charge in [-0.25, -0.2) is 0 Å². The fourth-order valence-corrected chi connectivity index (χ4v) is 2.94. The van der Waals surface area contributed by atoms with Crippen LogP contribution in [0.3, 0.4) is 0 Å². The first-order valence-electron chi connectivity index (χ1n) is 5.00. The van der Waals surface area contributed by atoms with Gasteiger partial charge in [-0.2, -0.15) is 0 Å². The Morgan fingerprint density at radius 2 is 1.93 bits per heavy atom. The molecule has 0 radical (unpaired) electrons. The highest BCUT2D eigenvalue weighted by molar-refractivity contribution is 9.10. The van der Waals surface area contributed by atoms with Crippen LogP contribution in [0.5, 0.6) is 0 Å². The molecule has 0 spiro atoms. The Morgan fingerprint density at radius 1 is 1.40 bits per heavy atom. The molecule has 0 unspecified atom stereocenters. The van der Waals surface area contributed by atoms with Gasteiger partial charge in [0.1, 0.15) is 0 Å². The van der Waals surface area contributed by atoms with Crippen molar-refractivity contribution >= 4 is 32.8 Å². The molecule has 1 aliphatic rings. The summed E-state index contributed by atoms with van der Waals surface area (Å²) in [6.45, 7) is 2.15. The number of hydrogen-bond donors (Lipinski definition) is 0. The van der Waals surface area contributed by atoms with Crippen LogP contribution >= 0.6 is 27.5 Å². The number of halogens is 2. The van der Waals surface area contributed by atoms with Crippen LogP contribution in [0.25, 0.3) is 0 Å². The van der Waals surface area contributed by atoms with Gasteiger partial charge in [0.05, 0.1) is 5.41 Å². The molecule has 1 fully saturated rings. The quantitative estimate of drug-likeness (QED) is 0.754. The van der Waals surface area contributed by atoms with E-state index in [2.05, 4.69) is 22.9 Å². The molecule has 1 aliphatic carbocycles. The predicted octanol–water partition coefficient (Wildman–Crippen LogP) is 3.88. The maximum atomic E-state index is 11.5. The third-order valence-electron chi connectivity index (χ3n) is 3.17. The summed E-state index contributed by atoms with van der Waals surface area (Å²) < 4.78 is 1.02. The molecule has 2 rings (SSSR count). The van der Waals surface area contributed by atoms with Crippen LogP contribution in [0.2, 0.25) is 0 Å². The van der Waals surface area contributed by atoms with E-state index in [0.29, 0.717) is 5.92 Å². The third kappa shape index (κ3) is 1.85. The summed E-state index contributed by atoms with van der Waals surface area (Å²) in [7, 11) is 0. The third-order valence-corrected chi connectivity index (χ3v) is 4.06. The molecule has 0 amide bonds. The van der Waals surface area contributed by atoms with E-state index in [0.717, 1.165) is 22.9 Å². The Morgan fingerprint density at radius 3 is 2.33 bits per heavy atom. The van der Waals surface area contributed by atoms with Crippen molar-refractivity contribution in [2.24, 2.45) is 5.92 Å². The fourth-order valence-electron chi connectivity index (χ4n) is 2.41. The van der Waals surface area contributed by atoms with Crippen molar-refractivity contribution in [3.63, 3.8) is 0 Å². The molecule has 15 heavy (non-hydrogen) atoms. The average molecular weight is 288 g/mol. The van der Waals surface area contributed by atoms with Crippen molar-refractivity contribution in [2.45, 2.75) is 25.2 Å². The first kappa shape index (κ1) is 11.2. The van der Waals surface area contributed by atoms with Gasteiger partial charge in [0.2, 0.25) is 5.24 Å². The van der Waals surface area contributed by atoms with Crippen LogP contribution in [0.4, 0.5) is 0 Å². The second-order valence-electron chi connectivity index (χ2n) is 4.38. The fraction of sp³-hybridized carbons (Fsp3) is 0.417. The lowest BCUT2D eigenvalue weighted by Gasteiger charge is -2.44. The van der Waals surface area contributed by atoms with Crippen molar-refractivity contribution in [1.82, 2.24) is 0 Å². The van der Waals surface area contributed by atoms with Crippen molar-refractivity contribution in [2.75, 3.05) is 0 Å². The Hall–Kier alpha value is -0.340. The van der Waals surface area contributed by atoms with Crippen molar-refractivity contribution < 1.29 is 4.79 Å². The van der Waals surface area contributed by atoms with E-state index < -0.39 is 5.41 Å². The van der Waals surface area contributed by atoms with Crippen molar-refractivity contribution in [3.8, 4) is 0 Å². The second-order valence-corrected chi connectivity index (χ2v) is 5.64. The molecule has 80 valence electrons. The minimum absolute atomic E-state index is 0.220. The largest absolute Gasteiger partial charge is 0.280 e. The van der Waals surface area contributed by atoms with E-state index in [4.69, 9.17) is 11.6 Å². The Labute approximate surface area is 103 Å². The highest BCUT2D eigenvalue weighted by Gasteiger charge is 2.48. The number of hydrogen-bond acceptors (Lipinski definition) is 1. The maximum absolute atomic E-state index is 11.5. The number of carbonyl (C=O) groups excluding carboxylic acids is 1. The minimum Gasteiger partial charge on any atom is -0.280 e. The number of benzene rings is 1. The van der Waals surface area contributed by atoms with Gasteiger partial charge in [0.25, 0.3) is 0 Å². The van der Waals surface area contributed by atoms with Gasteiger partial charge in [0, 0.05) is 4.47 Å². The van der Waals surface area contributed by atoms with Gasteiger partial charge >= 0.3 is 0 Å². The van der Waals surface area contributed by atoms with Gasteiger partial charge in [-0.1, -0.05) is 35.0 Å². The summed E-state index contributed by atoms with van der Waals surface area (Å²) in [5.74, 6) is 0.594. The molecule has 0 N–H and O–H groups in total. The average Bonchev–Trinajstić information content (AvgIpc) is 2.13. The second kappa shape index (κ2) is 3.91. The zero-order chi connectivity index (χ0) is 11.1. The standard InChI is InChI=1S/C12H12BrClO/c1-8-6-12(7-8,11(14)15)9-2-4-10(13)5-3-9/h2-5,8H,6-7H2,1H3. The number of carbonyl (C=O) groups is 1. The molecule has 1 aromatic rings. The lowest BCUT2D eigenvalue weighted by molar-refractivity contribution is -0.121. The molecule has 1 nitrogen and oxygen atoms in total. The van der Waals surface area contributed by atoms with Gasteiger partial charge < -0.3 is 0 Å². The monoisotopic (exact) mass is 286 g/mol. The lowest BCUT2D eigenvalue weighted by atomic mass is 9.60. The van der Waals surface area contributed by atoms with Crippen LogP contribution < -0.4 is 0 Å². The summed E-state index contributed by atoms with van der Waals surface area (Å²) >= 11 is 9.11. The molecule has 0 bridgehead atoms. The molecule has 1 saturated carbocycles. The molecular formula is C12H12BrClO. The van der Waals surface area contributed by atoms with Gasteiger partial charge in [-0.15, -0.1) is 0 Å². The molecule has 0 aromatic heterocycles. The summed E-state index contributed by atoms with van der Waals surface area (Å²) in [5, 5.41) is -0.220. The van der Waals surface area contributed by atoms with Gasteiger partial charge in [0.15, 0.2) is 0 Å². The maximum Gasteiger partial charge on any atom is 0.232 e. The SMILES string of the molecule is CC1CC(C(=O)Cl)(c2ccc(Br)cc2)C1. The van der Waals surface area contributed by atoms with E-state index in [1.165, 1.54) is 0 Å². The summed E-state index contributed by atoms with van der Waals surface area (Å²) in [6, 6.07) is 7.88. The minimum atomic E-state index is -0.415. The van der Waals surface area contributed by atoms with Gasteiger partial charge in [-0.05, 0) is 48.1 Å². The van der Waals surface area contributed by atoms with E-state index in [1.807, 2.05) is 24.3 Å². The zero-order valence-corrected chi connectivity index (χ0v) is 10.8. The van der Waals surface area contributed by atoms with Crippen LogP contribution in [-0.2, 0) is 10.2 Å². The molecular weight excluding hydrogens is 275 g/mol. The van der Waals surface area contributed by atoms with Crippen molar-refractivity contribution in [3.05, 3.63) is 34.3 Å². The predicted molar refractivity (Wildman–Crippen MR) is 65.1 cm³/mol. The summed E-state index contributed by atoms with van der Waals surface area (Å²) in [5.41, 5.74) is 0.630. The first-order chi connectivity index (χ1) is 7.04. The van der Waals surface area contributed by atoms with E-state index in [1.54, 1.807) is 0 Å². The van der Waals surface area contributed by atoms with E-state index >= 15 is 0 Å². The highest BCUT2D eigenvalue weighted by atomic mass is 79.9. The van der Waals surface area contributed by atoms with E-state index in [-0.39, 0.29) is 5.24 Å². The molecule has 0 saturated heterocycles. The summed E-state index contributed by atoms with van der Waals surface area (Å²) in [4.78, 5) is 11.5. The van der Waals surface area contributed by atoms with Crippen LogP contribution in [0.1, 0.15) is 25.3 Å². The van der Waals surface area contributed by atoms with Crippen LogP contribution in [-0.4, -0.2) is 5.24 Å². The Balaban J connectivity index is 2.34. The van der Waals surface area contributed by atoms with Crippen LogP contribution in [0.15, 0.2) is 28.7 Å². The molecule has 0 heterocycles. The molecule has 1 aromatic carbocycles. The summed E-state index contributed by atoms with van der Waals surface area (Å²) in [6.07, 6.45) is 1.74. The topological polar surface area (TPSA) is 17.1 Å². The van der Waals surface area contributed by atoms with Crippen LogP contribution in [0, 0.1) is 5.92 Å². The lowest BCUT2D eigenvalue weighted by Crippen LogP contribution is -2.44. The normalized spacial score (nSPS) is 29.7. The smallest absolute Gasteiger partial charge is 0.232 e. The van der Waals surface area contributed by atoms with E-state index in [9.17, 15) is 4.79 Å². The molecule has 0 aliphatic heterocycles. The first-order valence-corrected chi connectivity index (χ1v) is 6.18. The number of rotatable bonds is 2. The van der Waals surface area contributed by atoms with Gasteiger partial charge in [-0.3, -0.25) is 4.79 Å². The highest BCUT2D eigenvalue weighted by Crippen LogP contribution is 2.49.